The molecule has 0 aliphatic heterocycles. The minimum Gasteiger partial charge on any atom is -0.392 e. The first-order valence-electron chi connectivity index (χ1n) is 4.62. The second-order valence-corrected chi connectivity index (χ2v) is 4.16. The first kappa shape index (κ1) is 11.3. The Kier molecular flexibility index (Phi) is 4.70. The van der Waals surface area contributed by atoms with Gasteiger partial charge in [0.1, 0.15) is 6.29 Å². The molecular formula is C11H14O2S. The zero-order chi connectivity index (χ0) is 10.4. The quantitative estimate of drug-likeness (QED) is 0.599. The molecule has 0 amide bonds. The molecular weight excluding hydrogens is 196 g/mol. The van der Waals surface area contributed by atoms with Gasteiger partial charge in [0.25, 0.3) is 0 Å². The molecule has 1 unspecified atom stereocenters. The van der Waals surface area contributed by atoms with E-state index in [1.165, 1.54) is 0 Å². The van der Waals surface area contributed by atoms with E-state index in [2.05, 4.69) is 0 Å². The van der Waals surface area contributed by atoms with E-state index in [0.29, 0.717) is 11.3 Å². The fourth-order valence-electron chi connectivity index (χ4n) is 0.988. The number of hydrogen-bond acceptors (Lipinski definition) is 3. The number of benzene rings is 1. The van der Waals surface area contributed by atoms with Gasteiger partial charge in [-0.2, -0.15) is 0 Å². The van der Waals surface area contributed by atoms with Crippen LogP contribution in [0.25, 0.3) is 0 Å². The number of aldehydes is 1. The summed E-state index contributed by atoms with van der Waals surface area (Å²) in [6, 6.07) is 7.40. The normalized spacial score (nSPS) is 12.4. The van der Waals surface area contributed by atoms with E-state index < -0.39 is 0 Å². The summed E-state index contributed by atoms with van der Waals surface area (Å²) < 4.78 is 0. The monoisotopic (exact) mass is 210 g/mol. The van der Waals surface area contributed by atoms with Gasteiger partial charge >= 0.3 is 0 Å². The van der Waals surface area contributed by atoms with Crippen molar-refractivity contribution >= 4 is 18.0 Å². The maximum absolute atomic E-state index is 10.5. The molecule has 2 nitrogen and oxygen atoms in total. The third-order valence-electron chi connectivity index (χ3n) is 1.91. The number of rotatable bonds is 5. The topological polar surface area (TPSA) is 37.3 Å². The molecule has 0 spiro atoms. The molecule has 0 radical (unpaired) electrons. The highest BCUT2D eigenvalue weighted by Gasteiger charge is 2.02. The van der Waals surface area contributed by atoms with Crippen LogP contribution in [-0.2, 0) is 0 Å². The maximum Gasteiger partial charge on any atom is 0.150 e. The van der Waals surface area contributed by atoms with Crippen LogP contribution in [0.4, 0.5) is 0 Å². The van der Waals surface area contributed by atoms with Crippen LogP contribution in [0.1, 0.15) is 23.7 Å². The van der Waals surface area contributed by atoms with Gasteiger partial charge in [-0.05, 0) is 18.6 Å². The number of thioether (sulfide) groups is 1. The Morgan fingerprint density at radius 2 is 2.36 bits per heavy atom. The molecule has 1 aromatic rings. The lowest BCUT2D eigenvalue weighted by atomic mass is 10.2. The molecule has 0 aliphatic carbocycles. The molecule has 0 aliphatic rings. The number of aliphatic hydroxyl groups is 1. The van der Waals surface area contributed by atoms with E-state index in [-0.39, 0.29) is 6.10 Å². The third-order valence-corrected chi connectivity index (χ3v) is 3.05. The molecule has 0 saturated carbocycles. The average Bonchev–Trinajstić information content (AvgIpc) is 2.26. The van der Waals surface area contributed by atoms with Gasteiger partial charge in [0.2, 0.25) is 0 Å². The summed E-state index contributed by atoms with van der Waals surface area (Å²) in [4.78, 5) is 11.5. The van der Waals surface area contributed by atoms with E-state index in [4.69, 9.17) is 0 Å². The summed E-state index contributed by atoms with van der Waals surface area (Å²) in [6.07, 6.45) is 1.33. The molecule has 0 fully saturated rings. The third kappa shape index (κ3) is 3.52. The lowest BCUT2D eigenvalue weighted by Crippen LogP contribution is -2.07. The van der Waals surface area contributed by atoms with Crippen LogP contribution >= 0.6 is 11.8 Å². The highest BCUT2D eigenvalue weighted by molar-refractivity contribution is 7.99. The van der Waals surface area contributed by atoms with Crippen molar-refractivity contribution in [3.63, 3.8) is 0 Å². The molecule has 1 atom stereocenters. The predicted molar refractivity (Wildman–Crippen MR) is 58.9 cm³/mol. The van der Waals surface area contributed by atoms with E-state index >= 15 is 0 Å². The highest BCUT2D eigenvalue weighted by Crippen LogP contribution is 2.19. The molecule has 0 aromatic heterocycles. The van der Waals surface area contributed by atoms with Crippen molar-refractivity contribution in [1.29, 1.82) is 0 Å². The first-order chi connectivity index (χ1) is 6.76. The van der Waals surface area contributed by atoms with Crippen molar-refractivity contribution < 1.29 is 9.90 Å². The largest absolute Gasteiger partial charge is 0.392 e. The molecule has 0 heterocycles. The summed E-state index contributed by atoms with van der Waals surface area (Å²) >= 11 is 1.57. The predicted octanol–water partition coefficient (Wildman–Crippen LogP) is 2.36. The van der Waals surface area contributed by atoms with Gasteiger partial charge in [0, 0.05) is 16.2 Å². The molecule has 76 valence electrons. The molecule has 0 bridgehead atoms. The van der Waals surface area contributed by atoms with Gasteiger partial charge in [-0.1, -0.05) is 19.1 Å². The van der Waals surface area contributed by atoms with E-state index in [1.807, 2.05) is 25.1 Å². The minimum absolute atomic E-state index is 0.264. The Bertz CT molecular complexity index is 299. The van der Waals surface area contributed by atoms with Crippen LogP contribution < -0.4 is 0 Å². The van der Waals surface area contributed by atoms with Crippen LogP contribution in [0.3, 0.4) is 0 Å². The summed E-state index contributed by atoms with van der Waals surface area (Å²) in [7, 11) is 0. The van der Waals surface area contributed by atoms with Crippen LogP contribution in [0.2, 0.25) is 0 Å². The molecule has 1 N–H and O–H groups in total. The number of hydrogen-bond donors (Lipinski definition) is 1. The Labute approximate surface area is 88.3 Å². The van der Waals surface area contributed by atoms with Gasteiger partial charge in [-0.25, -0.2) is 0 Å². The summed E-state index contributed by atoms with van der Waals surface area (Å²) in [5.74, 6) is 0.679. The average molecular weight is 210 g/mol. The zero-order valence-electron chi connectivity index (χ0n) is 8.14. The number of aliphatic hydroxyl groups excluding tert-OH is 1. The van der Waals surface area contributed by atoms with E-state index in [0.717, 1.165) is 17.6 Å². The van der Waals surface area contributed by atoms with Gasteiger partial charge in [0.05, 0.1) is 6.10 Å². The van der Waals surface area contributed by atoms with Crippen LogP contribution in [-0.4, -0.2) is 23.2 Å². The van der Waals surface area contributed by atoms with Gasteiger partial charge in [0.15, 0.2) is 0 Å². The van der Waals surface area contributed by atoms with E-state index in [1.54, 1.807) is 17.8 Å². The fourth-order valence-corrected chi connectivity index (χ4v) is 2.00. The summed E-state index contributed by atoms with van der Waals surface area (Å²) in [5.41, 5.74) is 0.681. The van der Waals surface area contributed by atoms with Gasteiger partial charge < -0.3 is 5.11 Å². The summed E-state index contributed by atoms with van der Waals surface area (Å²) in [5, 5.41) is 9.36. The van der Waals surface area contributed by atoms with Crippen LogP contribution in [0.5, 0.6) is 0 Å². The molecule has 1 aromatic carbocycles. The van der Waals surface area contributed by atoms with Gasteiger partial charge in [-0.3, -0.25) is 4.79 Å². The Hall–Kier alpha value is -0.800. The second kappa shape index (κ2) is 5.83. The van der Waals surface area contributed by atoms with Crippen molar-refractivity contribution in [3.05, 3.63) is 29.8 Å². The standard InChI is InChI=1S/C11H14O2S/c1-2-10(13)8-14-11-5-3-4-9(6-11)7-12/h3-7,10,13H,2,8H2,1H3. The number of carbonyl (C=O) groups excluding carboxylic acids is 1. The molecule has 3 heteroatoms. The van der Waals surface area contributed by atoms with Crippen molar-refractivity contribution in [3.8, 4) is 0 Å². The van der Waals surface area contributed by atoms with Crippen LogP contribution in [0, 0.1) is 0 Å². The Morgan fingerprint density at radius 3 is 3.00 bits per heavy atom. The van der Waals surface area contributed by atoms with Crippen molar-refractivity contribution in [2.45, 2.75) is 24.3 Å². The van der Waals surface area contributed by atoms with Crippen molar-refractivity contribution in [2.75, 3.05) is 5.75 Å². The fraction of sp³-hybridized carbons (Fsp3) is 0.364. The SMILES string of the molecule is CCC(O)CSc1cccc(C=O)c1. The maximum atomic E-state index is 10.5. The zero-order valence-corrected chi connectivity index (χ0v) is 8.96. The molecule has 0 saturated heterocycles. The molecule has 14 heavy (non-hydrogen) atoms. The Balaban J connectivity index is 2.54. The minimum atomic E-state index is -0.264. The summed E-state index contributed by atoms with van der Waals surface area (Å²) in [6.45, 7) is 1.95. The Morgan fingerprint density at radius 1 is 1.57 bits per heavy atom. The smallest absolute Gasteiger partial charge is 0.150 e. The van der Waals surface area contributed by atoms with Crippen molar-refractivity contribution in [2.24, 2.45) is 0 Å². The number of carbonyl (C=O) groups is 1. The second-order valence-electron chi connectivity index (χ2n) is 3.06. The highest BCUT2D eigenvalue weighted by atomic mass is 32.2. The van der Waals surface area contributed by atoms with Gasteiger partial charge in [-0.15, -0.1) is 11.8 Å². The van der Waals surface area contributed by atoms with Crippen LogP contribution in [0.15, 0.2) is 29.2 Å². The lowest BCUT2D eigenvalue weighted by Gasteiger charge is -2.06. The van der Waals surface area contributed by atoms with Crippen molar-refractivity contribution in [1.82, 2.24) is 0 Å². The lowest BCUT2D eigenvalue weighted by molar-refractivity contribution is 0.112. The first-order valence-corrected chi connectivity index (χ1v) is 5.61. The van der Waals surface area contributed by atoms with E-state index in [9.17, 15) is 9.90 Å². The molecule has 1 rings (SSSR count).